The molecule has 0 aliphatic carbocycles. The van der Waals surface area contributed by atoms with Crippen molar-refractivity contribution < 1.29 is 14.3 Å². The van der Waals surface area contributed by atoms with Crippen LogP contribution < -0.4 is 5.32 Å². The summed E-state index contributed by atoms with van der Waals surface area (Å²) in [5, 5.41) is 15.5. The lowest BCUT2D eigenvalue weighted by Gasteiger charge is -2.07. The third kappa shape index (κ3) is 3.91. The summed E-state index contributed by atoms with van der Waals surface area (Å²) in [4.78, 5) is 12.2. The van der Waals surface area contributed by atoms with Crippen molar-refractivity contribution in [1.29, 1.82) is 0 Å². The highest BCUT2D eigenvalue weighted by Gasteiger charge is 2.11. The molecule has 0 atom stereocenters. The molecule has 0 bridgehead atoms. The molecule has 2 N–H and O–H groups in total. The van der Waals surface area contributed by atoms with Gasteiger partial charge in [-0.1, -0.05) is 11.8 Å². The summed E-state index contributed by atoms with van der Waals surface area (Å²) in [7, 11) is 0. The lowest BCUT2D eigenvalue weighted by Crippen LogP contribution is -2.23. The van der Waals surface area contributed by atoms with Gasteiger partial charge in [0.25, 0.3) is 5.91 Å². The molecule has 0 saturated heterocycles. The van der Waals surface area contributed by atoms with Gasteiger partial charge in [-0.25, -0.2) is 4.39 Å². The highest BCUT2D eigenvalue weighted by molar-refractivity contribution is 7.08. The maximum atomic E-state index is 13.2. The molecule has 2 rings (SSSR count). The molecule has 0 unspecified atom stereocenters. The number of carbonyl (C=O) groups excluding carboxylic acids is 1. The zero-order valence-corrected chi connectivity index (χ0v) is 12.3. The van der Waals surface area contributed by atoms with Gasteiger partial charge in [0.05, 0.1) is 5.56 Å². The molecular formula is C16H14FNO2S. The van der Waals surface area contributed by atoms with Crippen LogP contribution in [-0.2, 0) is 6.54 Å². The van der Waals surface area contributed by atoms with E-state index < -0.39 is 5.82 Å². The Bertz CT molecular complexity index is 713. The van der Waals surface area contributed by atoms with Crippen LogP contribution in [-0.4, -0.2) is 17.6 Å². The molecule has 108 valence electrons. The fraction of sp³-hybridized carbons (Fsp3) is 0.188. The van der Waals surface area contributed by atoms with Gasteiger partial charge in [0.15, 0.2) is 0 Å². The van der Waals surface area contributed by atoms with Crippen LogP contribution in [0.15, 0.2) is 29.0 Å². The van der Waals surface area contributed by atoms with Crippen molar-refractivity contribution in [3.05, 3.63) is 57.0 Å². The van der Waals surface area contributed by atoms with E-state index in [2.05, 4.69) is 17.2 Å². The van der Waals surface area contributed by atoms with Crippen molar-refractivity contribution in [2.75, 3.05) is 6.61 Å². The first kappa shape index (κ1) is 15.2. The van der Waals surface area contributed by atoms with E-state index in [1.165, 1.54) is 18.2 Å². The van der Waals surface area contributed by atoms with Gasteiger partial charge in [0.1, 0.15) is 12.4 Å². The first-order valence-corrected chi connectivity index (χ1v) is 7.25. The van der Waals surface area contributed by atoms with Crippen LogP contribution in [0.4, 0.5) is 4.39 Å². The van der Waals surface area contributed by atoms with Crippen molar-refractivity contribution in [2.45, 2.75) is 13.5 Å². The van der Waals surface area contributed by atoms with Crippen molar-refractivity contribution in [1.82, 2.24) is 5.32 Å². The van der Waals surface area contributed by atoms with E-state index in [0.717, 1.165) is 11.1 Å². The molecule has 3 nitrogen and oxygen atoms in total. The van der Waals surface area contributed by atoms with Gasteiger partial charge in [-0.2, -0.15) is 11.3 Å². The van der Waals surface area contributed by atoms with Crippen LogP contribution in [0.3, 0.4) is 0 Å². The lowest BCUT2D eigenvalue weighted by atomic mass is 10.1. The molecule has 2 aromatic rings. The zero-order chi connectivity index (χ0) is 15.2. The number of aliphatic hydroxyl groups excluding tert-OH is 1. The van der Waals surface area contributed by atoms with Gasteiger partial charge < -0.3 is 10.4 Å². The predicted molar refractivity (Wildman–Crippen MR) is 80.6 cm³/mol. The second kappa shape index (κ2) is 7.02. The van der Waals surface area contributed by atoms with E-state index >= 15 is 0 Å². The number of aliphatic hydroxyl groups is 1. The first-order valence-electron chi connectivity index (χ1n) is 6.31. The van der Waals surface area contributed by atoms with Crippen LogP contribution in [0.1, 0.15) is 27.0 Å². The van der Waals surface area contributed by atoms with Gasteiger partial charge in [0.2, 0.25) is 0 Å². The molecule has 1 amide bonds. The number of hydrogen-bond donors (Lipinski definition) is 2. The number of aryl methyl sites for hydroxylation is 1. The van der Waals surface area contributed by atoms with Gasteiger partial charge in [0, 0.05) is 12.1 Å². The Balaban J connectivity index is 2.17. The molecular weight excluding hydrogens is 289 g/mol. The average molecular weight is 303 g/mol. The standard InChI is InChI=1S/C16H14FNO2S/c1-11-9-21-10-13(11)8-18-16(20)15-5-4-14(17)7-12(15)3-2-6-19/h4-5,7,9-10,19H,6,8H2,1H3,(H,18,20). The van der Waals surface area contributed by atoms with Gasteiger partial charge in [-0.3, -0.25) is 4.79 Å². The monoisotopic (exact) mass is 303 g/mol. The highest BCUT2D eigenvalue weighted by atomic mass is 32.1. The normalized spacial score (nSPS) is 9.86. The number of halogens is 1. The number of hydrogen-bond acceptors (Lipinski definition) is 3. The topological polar surface area (TPSA) is 49.3 Å². The van der Waals surface area contributed by atoms with Gasteiger partial charge in [-0.15, -0.1) is 0 Å². The molecule has 0 spiro atoms. The minimum Gasteiger partial charge on any atom is -0.384 e. The summed E-state index contributed by atoms with van der Waals surface area (Å²) < 4.78 is 13.2. The maximum absolute atomic E-state index is 13.2. The van der Waals surface area contributed by atoms with Gasteiger partial charge >= 0.3 is 0 Å². The molecule has 21 heavy (non-hydrogen) atoms. The highest BCUT2D eigenvalue weighted by Crippen LogP contribution is 2.14. The van der Waals surface area contributed by atoms with Crippen molar-refractivity contribution in [2.24, 2.45) is 0 Å². The maximum Gasteiger partial charge on any atom is 0.252 e. The van der Waals surface area contributed by atoms with E-state index in [1.807, 2.05) is 17.7 Å². The van der Waals surface area contributed by atoms with E-state index in [0.29, 0.717) is 12.1 Å². The number of thiophene rings is 1. The third-order valence-electron chi connectivity index (χ3n) is 2.93. The number of rotatable bonds is 3. The van der Waals surface area contributed by atoms with Crippen molar-refractivity contribution in [3.63, 3.8) is 0 Å². The summed E-state index contributed by atoms with van der Waals surface area (Å²) in [5.41, 5.74) is 2.74. The molecule has 5 heteroatoms. The van der Waals surface area contributed by atoms with E-state index in [1.54, 1.807) is 11.3 Å². The Morgan fingerprint density at radius 2 is 2.24 bits per heavy atom. The summed E-state index contributed by atoms with van der Waals surface area (Å²) in [6, 6.07) is 3.80. The third-order valence-corrected chi connectivity index (χ3v) is 3.84. The van der Waals surface area contributed by atoms with Crippen molar-refractivity contribution in [3.8, 4) is 11.8 Å². The summed E-state index contributed by atoms with van der Waals surface area (Å²) >= 11 is 1.58. The number of carbonyl (C=O) groups is 1. The molecule has 0 fully saturated rings. The molecule has 0 radical (unpaired) electrons. The second-order valence-electron chi connectivity index (χ2n) is 4.41. The largest absolute Gasteiger partial charge is 0.384 e. The Morgan fingerprint density at radius 1 is 1.43 bits per heavy atom. The molecule has 1 heterocycles. The Labute approximate surface area is 126 Å². The molecule has 0 aliphatic heterocycles. The quantitative estimate of drug-likeness (QED) is 0.856. The van der Waals surface area contributed by atoms with E-state index in [4.69, 9.17) is 5.11 Å². The molecule has 0 saturated carbocycles. The fourth-order valence-electron chi connectivity index (χ4n) is 1.79. The zero-order valence-electron chi connectivity index (χ0n) is 11.4. The first-order chi connectivity index (χ1) is 10.1. The summed E-state index contributed by atoms with van der Waals surface area (Å²) in [6.07, 6.45) is 0. The SMILES string of the molecule is Cc1cscc1CNC(=O)c1ccc(F)cc1C#CCO. The Morgan fingerprint density at radius 3 is 2.90 bits per heavy atom. The average Bonchev–Trinajstić information content (AvgIpc) is 2.88. The fourth-order valence-corrected chi connectivity index (χ4v) is 2.65. The Kier molecular flexibility index (Phi) is 5.09. The lowest BCUT2D eigenvalue weighted by molar-refractivity contribution is 0.0950. The smallest absolute Gasteiger partial charge is 0.252 e. The summed E-state index contributed by atoms with van der Waals surface area (Å²) in [5.74, 6) is 4.23. The summed E-state index contributed by atoms with van der Waals surface area (Å²) in [6.45, 7) is 2.05. The van der Waals surface area contributed by atoms with Crippen LogP contribution in [0.25, 0.3) is 0 Å². The van der Waals surface area contributed by atoms with Crippen LogP contribution in [0, 0.1) is 24.6 Å². The Hall–Kier alpha value is -2.16. The van der Waals surface area contributed by atoms with Crippen LogP contribution >= 0.6 is 11.3 Å². The minimum atomic E-state index is -0.470. The number of amides is 1. The minimum absolute atomic E-state index is 0.267. The van der Waals surface area contributed by atoms with Crippen LogP contribution in [0.2, 0.25) is 0 Å². The predicted octanol–water partition coefficient (Wildman–Crippen LogP) is 2.47. The van der Waals surface area contributed by atoms with E-state index in [9.17, 15) is 9.18 Å². The van der Waals surface area contributed by atoms with Crippen molar-refractivity contribution >= 4 is 17.2 Å². The molecule has 1 aromatic carbocycles. The second-order valence-corrected chi connectivity index (χ2v) is 5.16. The molecule has 0 aliphatic rings. The van der Waals surface area contributed by atoms with E-state index in [-0.39, 0.29) is 18.1 Å². The number of nitrogens with one attached hydrogen (secondary N) is 1. The van der Waals surface area contributed by atoms with Crippen LogP contribution in [0.5, 0.6) is 0 Å². The van der Waals surface area contributed by atoms with Gasteiger partial charge in [-0.05, 0) is 47.0 Å². The molecule has 1 aromatic heterocycles. The number of benzene rings is 1.